The first-order valence-corrected chi connectivity index (χ1v) is 24.3. The van der Waals surface area contributed by atoms with Crippen LogP contribution in [0.4, 0.5) is 17.1 Å². The van der Waals surface area contributed by atoms with Crippen LogP contribution >= 0.6 is 0 Å². The van der Waals surface area contributed by atoms with Gasteiger partial charge in [0.25, 0.3) is 0 Å². The van der Waals surface area contributed by atoms with Crippen LogP contribution in [0.3, 0.4) is 0 Å². The van der Waals surface area contributed by atoms with E-state index < -0.39 is 5.41 Å². The van der Waals surface area contributed by atoms with E-state index in [2.05, 4.69) is 255 Å². The number of hydrogen-bond acceptors (Lipinski definition) is 1. The topological polar surface area (TPSA) is 3.24 Å². The van der Waals surface area contributed by atoms with E-state index in [0.717, 1.165) is 17.1 Å². The molecule has 0 bridgehead atoms. The van der Waals surface area contributed by atoms with Crippen LogP contribution < -0.4 is 4.90 Å². The van der Waals surface area contributed by atoms with Crippen LogP contribution in [-0.4, -0.2) is 0 Å². The number of fused-ring (bicyclic) bond motifs is 20. The van der Waals surface area contributed by atoms with Crippen LogP contribution in [-0.2, 0) is 10.8 Å². The highest BCUT2D eigenvalue weighted by Crippen LogP contribution is 2.65. The molecule has 0 aromatic heterocycles. The summed E-state index contributed by atoms with van der Waals surface area (Å²) < 4.78 is 0. The number of anilines is 3. The second kappa shape index (κ2) is 14.0. The molecule has 69 heavy (non-hydrogen) atoms. The Morgan fingerprint density at radius 2 is 0.710 bits per heavy atom. The smallest absolute Gasteiger partial charge is 0.0726 e. The highest BCUT2D eigenvalue weighted by Gasteiger charge is 2.52. The summed E-state index contributed by atoms with van der Waals surface area (Å²) in [6, 6.07) is 89.7. The van der Waals surface area contributed by atoms with Gasteiger partial charge in [-0.15, -0.1) is 0 Å². The van der Waals surface area contributed by atoms with E-state index in [-0.39, 0.29) is 5.41 Å². The Kier molecular flexibility index (Phi) is 7.83. The van der Waals surface area contributed by atoms with Crippen LogP contribution in [0.5, 0.6) is 0 Å². The molecule has 3 aliphatic carbocycles. The molecule has 1 spiro atoms. The van der Waals surface area contributed by atoms with Crippen molar-refractivity contribution in [3.8, 4) is 44.5 Å². The van der Waals surface area contributed by atoms with E-state index >= 15 is 0 Å². The lowest BCUT2D eigenvalue weighted by Gasteiger charge is -2.34. The Balaban J connectivity index is 1.11. The zero-order valence-corrected chi connectivity index (χ0v) is 38.5. The van der Waals surface area contributed by atoms with E-state index in [1.165, 1.54) is 121 Å². The molecule has 0 saturated heterocycles. The van der Waals surface area contributed by atoms with E-state index in [4.69, 9.17) is 0 Å². The van der Waals surface area contributed by atoms with Gasteiger partial charge in [-0.1, -0.05) is 214 Å². The minimum Gasteiger partial charge on any atom is -0.310 e. The van der Waals surface area contributed by atoms with Gasteiger partial charge in [0.1, 0.15) is 0 Å². The minimum atomic E-state index is -0.520. The Bertz CT molecular complexity index is 4110. The van der Waals surface area contributed by atoms with Crippen molar-refractivity contribution in [2.45, 2.75) is 24.7 Å². The molecule has 0 aliphatic heterocycles. The predicted molar refractivity (Wildman–Crippen MR) is 290 cm³/mol. The van der Waals surface area contributed by atoms with Crippen LogP contribution in [0.2, 0.25) is 0 Å². The zero-order chi connectivity index (χ0) is 45.6. The summed E-state index contributed by atoms with van der Waals surface area (Å²) in [4.78, 5) is 2.59. The summed E-state index contributed by atoms with van der Waals surface area (Å²) in [5.41, 5.74) is 21.0. The molecular formula is C68H45N. The lowest BCUT2D eigenvalue weighted by atomic mass is 9.70. The molecule has 12 aromatic carbocycles. The van der Waals surface area contributed by atoms with E-state index in [9.17, 15) is 0 Å². The van der Waals surface area contributed by atoms with Gasteiger partial charge in [0.05, 0.1) is 11.1 Å². The summed E-state index contributed by atoms with van der Waals surface area (Å²) >= 11 is 0. The molecule has 0 saturated carbocycles. The fraction of sp³-hybridized carbons (Fsp3) is 0.0588. The number of hydrogen-bond donors (Lipinski definition) is 0. The monoisotopic (exact) mass is 875 g/mol. The van der Waals surface area contributed by atoms with Crippen LogP contribution in [0, 0.1) is 0 Å². The second-order valence-corrected chi connectivity index (χ2v) is 19.9. The first-order valence-electron chi connectivity index (χ1n) is 24.3. The van der Waals surface area contributed by atoms with Crippen molar-refractivity contribution in [1.29, 1.82) is 0 Å². The average Bonchev–Trinajstić information content (AvgIpc) is 3.96. The molecular weight excluding hydrogens is 831 g/mol. The molecule has 0 heterocycles. The summed E-state index contributed by atoms with van der Waals surface area (Å²) in [7, 11) is 0. The number of benzene rings is 12. The summed E-state index contributed by atoms with van der Waals surface area (Å²) in [5.74, 6) is 0. The largest absolute Gasteiger partial charge is 0.310 e. The quantitative estimate of drug-likeness (QED) is 0.159. The SMILES string of the molecule is CC1(C)c2ccccc2-c2cccc(-c3cc4c(cc3N(c3ccc5ccccc5c3)c3ccc5c6ccccc6c6ccccc6c5c3)C3(c5ccccc5-c5ccccc53)c3ccccc3-4)c21. The van der Waals surface area contributed by atoms with Crippen molar-refractivity contribution in [3.05, 3.63) is 270 Å². The van der Waals surface area contributed by atoms with Gasteiger partial charge in [-0.05, 0) is 152 Å². The van der Waals surface area contributed by atoms with Gasteiger partial charge in [0.15, 0.2) is 0 Å². The lowest BCUT2D eigenvalue weighted by molar-refractivity contribution is 0.662. The molecule has 0 radical (unpaired) electrons. The maximum Gasteiger partial charge on any atom is 0.0726 e. The Hall–Kier alpha value is -8.52. The van der Waals surface area contributed by atoms with Crippen molar-refractivity contribution < 1.29 is 0 Å². The first kappa shape index (κ1) is 38.6. The van der Waals surface area contributed by atoms with Crippen LogP contribution in [0.15, 0.2) is 237 Å². The van der Waals surface area contributed by atoms with Gasteiger partial charge in [0.2, 0.25) is 0 Å². The van der Waals surface area contributed by atoms with Gasteiger partial charge in [-0.25, -0.2) is 0 Å². The Labute approximate surface area is 402 Å². The molecule has 0 N–H and O–H groups in total. The second-order valence-electron chi connectivity index (χ2n) is 19.9. The molecule has 0 unspecified atom stereocenters. The van der Waals surface area contributed by atoms with E-state index in [1.54, 1.807) is 0 Å². The van der Waals surface area contributed by atoms with Crippen LogP contribution in [0.1, 0.15) is 47.2 Å². The minimum absolute atomic E-state index is 0.238. The number of rotatable bonds is 4. The zero-order valence-electron chi connectivity index (χ0n) is 38.5. The summed E-state index contributed by atoms with van der Waals surface area (Å²) in [6.07, 6.45) is 0. The molecule has 0 fully saturated rings. The van der Waals surface area contributed by atoms with Crippen molar-refractivity contribution in [2.24, 2.45) is 0 Å². The molecule has 0 amide bonds. The normalized spacial score (nSPS) is 14.2. The molecule has 0 atom stereocenters. The molecule has 1 heteroatoms. The van der Waals surface area contributed by atoms with Crippen molar-refractivity contribution >= 4 is 60.2 Å². The molecule has 12 aromatic rings. The third-order valence-corrected chi connectivity index (χ3v) is 16.2. The molecule has 322 valence electrons. The fourth-order valence-electron chi connectivity index (χ4n) is 13.4. The van der Waals surface area contributed by atoms with Crippen molar-refractivity contribution in [2.75, 3.05) is 4.90 Å². The third-order valence-electron chi connectivity index (χ3n) is 16.2. The van der Waals surface area contributed by atoms with Gasteiger partial charge < -0.3 is 4.90 Å². The van der Waals surface area contributed by atoms with Crippen LogP contribution in [0.25, 0.3) is 87.6 Å². The third kappa shape index (κ3) is 5.09. The summed E-state index contributed by atoms with van der Waals surface area (Å²) in [6.45, 7) is 4.84. The highest BCUT2D eigenvalue weighted by molar-refractivity contribution is 6.26. The highest BCUT2D eigenvalue weighted by atomic mass is 15.1. The van der Waals surface area contributed by atoms with Crippen molar-refractivity contribution in [3.63, 3.8) is 0 Å². The fourth-order valence-corrected chi connectivity index (χ4v) is 13.4. The summed E-state index contributed by atoms with van der Waals surface area (Å²) in [5, 5.41) is 10.0. The average molecular weight is 876 g/mol. The van der Waals surface area contributed by atoms with E-state index in [0.29, 0.717) is 0 Å². The lowest BCUT2D eigenvalue weighted by Crippen LogP contribution is -2.26. The van der Waals surface area contributed by atoms with Crippen molar-refractivity contribution in [1.82, 2.24) is 0 Å². The molecule has 15 rings (SSSR count). The Morgan fingerprint density at radius 1 is 0.275 bits per heavy atom. The Morgan fingerprint density at radius 3 is 1.33 bits per heavy atom. The molecule has 3 aliphatic rings. The molecule has 1 nitrogen and oxygen atoms in total. The maximum absolute atomic E-state index is 2.61. The van der Waals surface area contributed by atoms with Gasteiger partial charge in [0, 0.05) is 22.4 Å². The van der Waals surface area contributed by atoms with Gasteiger partial charge >= 0.3 is 0 Å². The maximum atomic E-state index is 2.61. The predicted octanol–water partition coefficient (Wildman–Crippen LogP) is 18.1. The number of nitrogens with zero attached hydrogens (tertiary/aromatic N) is 1. The first-order chi connectivity index (χ1) is 34.0. The van der Waals surface area contributed by atoms with E-state index in [1.807, 2.05) is 0 Å². The van der Waals surface area contributed by atoms with Gasteiger partial charge in [-0.3, -0.25) is 0 Å². The standard InChI is InChI=1S/C68H45N/c1-67(2)60-30-13-9-26-53(60)55-28-17-29-56(66(55)67)59-40-58-54-27-12-16-33-63(54)68(61-31-14-10-24-51(61)52-25-11-15-32-62(52)68)64(58)41-65(59)69(44-35-34-42-18-3-4-19-43(42)38-44)45-36-37-50-48-22-6-5-20-46(48)47-21-7-8-23-49(47)57(50)39-45/h3-41H,1-2H3. The van der Waals surface area contributed by atoms with Gasteiger partial charge in [-0.2, -0.15) is 0 Å².